The van der Waals surface area contributed by atoms with Gasteiger partial charge >= 0.3 is 5.65 Å². The number of β-lactam (4-membered cyclic amide) rings is 1. The Balaban J connectivity index is 1.20. The van der Waals surface area contributed by atoms with Crippen LogP contribution in [0.1, 0.15) is 37.9 Å². The van der Waals surface area contributed by atoms with Gasteiger partial charge in [-0.1, -0.05) is 16.7 Å². The average Bonchev–Trinajstić information content (AvgIpc) is 3.58. The summed E-state index contributed by atoms with van der Waals surface area (Å²) in [6.45, 7) is 0.234. The van der Waals surface area contributed by atoms with E-state index in [0.29, 0.717) is 11.3 Å². The number of nitrogens with one attached hydrogen (secondary N) is 1. The zero-order valence-corrected chi connectivity index (χ0v) is 22.8. The van der Waals surface area contributed by atoms with Crippen LogP contribution in [0.3, 0.4) is 0 Å². The van der Waals surface area contributed by atoms with Crippen LogP contribution < -0.4 is 20.7 Å². The Morgan fingerprint density at radius 1 is 1.30 bits per heavy atom. The predicted octanol–water partition coefficient (Wildman–Crippen LogP) is -0.787. The summed E-state index contributed by atoms with van der Waals surface area (Å²) in [5, 5.41) is 22.7. The van der Waals surface area contributed by atoms with Gasteiger partial charge in [-0.05, 0) is 31.7 Å². The minimum atomic E-state index is -1.45. The molecule has 3 aromatic rings. The van der Waals surface area contributed by atoms with E-state index in [1.165, 1.54) is 16.7 Å². The summed E-state index contributed by atoms with van der Waals surface area (Å²) in [5.41, 5.74) is 6.63. The van der Waals surface area contributed by atoms with Gasteiger partial charge in [0.2, 0.25) is 11.5 Å². The molecule has 16 heteroatoms. The first-order chi connectivity index (χ1) is 19.4. The van der Waals surface area contributed by atoms with Crippen LogP contribution in [0.15, 0.2) is 47.1 Å². The highest BCUT2D eigenvalue weighted by molar-refractivity contribution is 8.00. The van der Waals surface area contributed by atoms with Gasteiger partial charge in [0.25, 0.3) is 11.8 Å². The second-order valence-electron chi connectivity index (χ2n) is 9.61. The molecule has 3 aliphatic rings. The number of carboxylic acid groups (broad SMARTS) is 1. The maximum absolute atomic E-state index is 13.3. The summed E-state index contributed by atoms with van der Waals surface area (Å²) in [7, 11) is 0. The number of nitrogens with two attached hydrogens (primary N) is 1. The molecule has 208 valence electrons. The molecular formula is C24H25N9O5S2. The van der Waals surface area contributed by atoms with Gasteiger partial charge < -0.3 is 25.8 Å². The molecule has 2 aliphatic heterocycles. The Hall–Kier alpha value is -4.05. The Morgan fingerprint density at radius 2 is 2.12 bits per heavy atom. The van der Waals surface area contributed by atoms with Crippen molar-refractivity contribution in [2.75, 3.05) is 11.5 Å². The van der Waals surface area contributed by atoms with Crippen molar-refractivity contribution in [2.24, 2.45) is 5.16 Å². The van der Waals surface area contributed by atoms with Crippen molar-refractivity contribution in [3.05, 3.63) is 47.8 Å². The summed E-state index contributed by atoms with van der Waals surface area (Å²) in [5.74, 6) is -2.40. The molecule has 0 spiro atoms. The fraction of sp³-hybridized carbons (Fsp3) is 0.417. The molecule has 3 aromatic heterocycles. The average molecular weight is 584 g/mol. The van der Waals surface area contributed by atoms with Crippen molar-refractivity contribution in [1.82, 2.24) is 29.2 Å². The molecule has 5 heterocycles. The Kier molecular flexibility index (Phi) is 7.10. The van der Waals surface area contributed by atoms with Crippen LogP contribution in [0.4, 0.5) is 5.13 Å². The SMILES string of the molecule is Nc1nc(/C(=N/OC2CCCCC2)C(=O)N[C@@H]2C(=O)N3C(C(=O)[O-])=C(C[n+]4ccn5ncccc54)CS[C@H]23)ns1. The maximum Gasteiger partial charge on any atom is 0.307 e. The second kappa shape index (κ2) is 10.8. The lowest BCUT2D eigenvalue weighted by Crippen LogP contribution is -2.71. The number of nitrogen functional groups attached to an aromatic ring is 1. The normalized spacial score (nSPS) is 21.8. The number of hydrogen-bond acceptors (Lipinski definition) is 12. The third kappa shape index (κ3) is 4.88. The number of carbonyl (C=O) groups excluding carboxylic acids is 3. The number of anilines is 1. The molecule has 3 N–H and O–H groups in total. The van der Waals surface area contributed by atoms with E-state index >= 15 is 0 Å². The van der Waals surface area contributed by atoms with Crippen molar-refractivity contribution in [3.63, 3.8) is 0 Å². The number of hydrogen-bond donors (Lipinski definition) is 2. The summed E-state index contributed by atoms with van der Waals surface area (Å²) < 4.78 is 7.60. The number of amides is 2. The lowest BCUT2D eigenvalue weighted by Gasteiger charge is -2.50. The molecule has 14 nitrogen and oxygen atoms in total. The fourth-order valence-corrected chi connectivity index (χ4v) is 6.86. The molecule has 1 aliphatic carbocycles. The van der Waals surface area contributed by atoms with Crippen LogP contribution in [0.2, 0.25) is 0 Å². The van der Waals surface area contributed by atoms with E-state index < -0.39 is 29.2 Å². The van der Waals surface area contributed by atoms with E-state index in [9.17, 15) is 19.5 Å². The van der Waals surface area contributed by atoms with Gasteiger partial charge in [0.1, 0.15) is 30.3 Å². The number of aliphatic carboxylic acids is 1. The smallest absolute Gasteiger partial charge is 0.307 e. The summed E-state index contributed by atoms with van der Waals surface area (Å²) in [4.78, 5) is 49.6. The van der Waals surface area contributed by atoms with Crippen LogP contribution in [-0.2, 0) is 25.8 Å². The molecule has 6 rings (SSSR count). The van der Waals surface area contributed by atoms with E-state index in [2.05, 4.69) is 24.9 Å². The molecule has 0 unspecified atom stereocenters. The molecule has 2 amide bonds. The number of imidazole rings is 1. The lowest BCUT2D eigenvalue weighted by molar-refractivity contribution is -0.662. The second-order valence-corrected chi connectivity index (χ2v) is 11.5. The van der Waals surface area contributed by atoms with Crippen LogP contribution in [-0.4, -0.2) is 70.6 Å². The highest BCUT2D eigenvalue weighted by Gasteiger charge is 2.53. The van der Waals surface area contributed by atoms with Crippen molar-refractivity contribution < 1.29 is 28.9 Å². The first-order valence-electron chi connectivity index (χ1n) is 12.7. The Labute approximate surface area is 236 Å². The third-order valence-electron chi connectivity index (χ3n) is 7.04. The van der Waals surface area contributed by atoms with E-state index in [4.69, 9.17) is 10.6 Å². The van der Waals surface area contributed by atoms with E-state index in [1.54, 1.807) is 29.2 Å². The number of carboxylic acids is 1. The highest BCUT2D eigenvalue weighted by Crippen LogP contribution is 2.40. The molecule has 0 aromatic carbocycles. The first kappa shape index (κ1) is 26.2. The van der Waals surface area contributed by atoms with Crippen LogP contribution in [0, 0.1) is 0 Å². The van der Waals surface area contributed by atoms with E-state index in [-0.39, 0.29) is 35.0 Å². The number of oxime groups is 1. The van der Waals surface area contributed by atoms with Crippen LogP contribution >= 0.6 is 23.3 Å². The number of thioether (sulfide) groups is 1. The summed E-state index contributed by atoms with van der Waals surface area (Å²) in [6.07, 6.45) is 9.89. The van der Waals surface area contributed by atoms with Gasteiger partial charge in [0, 0.05) is 28.9 Å². The lowest BCUT2D eigenvalue weighted by atomic mass is 9.98. The van der Waals surface area contributed by atoms with Crippen molar-refractivity contribution in [1.29, 1.82) is 0 Å². The molecule has 2 fully saturated rings. The van der Waals surface area contributed by atoms with Gasteiger partial charge in [-0.2, -0.15) is 9.36 Å². The fourth-order valence-electron chi connectivity index (χ4n) is 5.09. The van der Waals surface area contributed by atoms with E-state index in [0.717, 1.165) is 49.3 Å². The van der Waals surface area contributed by atoms with Gasteiger partial charge in [-0.15, -0.1) is 16.3 Å². The molecular weight excluding hydrogens is 558 g/mol. The van der Waals surface area contributed by atoms with Gasteiger partial charge in [-0.3, -0.25) is 14.5 Å². The number of aromatic nitrogens is 5. The Morgan fingerprint density at radius 3 is 2.88 bits per heavy atom. The van der Waals surface area contributed by atoms with Crippen molar-refractivity contribution in [3.8, 4) is 0 Å². The third-order valence-corrected chi connectivity index (χ3v) is 8.92. The molecule has 0 bridgehead atoms. The quantitative estimate of drug-likeness (QED) is 0.147. The zero-order valence-electron chi connectivity index (χ0n) is 21.1. The number of fused-ring (bicyclic) bond motifs is 2. The molecule has 1 saturated carbocycles. The van der Waals surface area contributed by atoms with Crippen molar-refractivity contribution in [2.45, 2.75) is 56.2 Å². The maximum atomic E-state index is 13.3. The van der Waals surface area contributed by atoms with Crippen LogP contribution in [0.25, 0.3) is 5.65 Å². The Bertz CT molecular complexity index is 1540. The predicted molar refractivity (Wildman–Crippen MR) is 141 cm³/mol. The monoisotopic (exact) mass is 583 g/mol. The highest BCUT2D eigenvalue weighted by atomic mass is 32.2. The zero-order chi connectivity index (χ0) is 27.8. The van der Waals surface area contributed by atoms with E-state index in [1.807, 2.05) is 10.6 Å². The number of nitrogens with zero attached hydrogens (tertiary/aromatic N) is 7. The largest absolute Gasteiger partial charge is 0.543 e. The summed E-state index contributed by atoms with van der Waals surface area (Å²) >= 11 is 2.27. The minimum Gasteiger partial charge on any atom is -0.543 e. The topological polar surface area (TPSA) is 184 Å². The van der Waals surface area contributed by atoms with Gasteiger partial charge in [-0.25, -0.2) is 4.57 Å². The van der Waals surface area contributed by atoms with Crippen LogP contribution in [0.5, 0.6) is 0 Å². The molecule has 0 radical (unpaired) electrons. The summed E-state index contributed by atoms with van der Waals surface area (Å²) in [6, 6.07) is 2.66. The molecule has 2 atom stereocenters. The first-order valence-corrected chi connectivity index (χ1v) is 14.6. The molecule has 40 heavy (non-hydrogen) atoms. The van der Waals surface area contributed by atoms with Gasteiger partial charge in [0.05, 0.1) is 17.9 Å². The van der Waals surface area contributed by atoms with Crippen molar-refractivity contribution >= 4 is 57.6 Å². The molecule has 1 saturated heterocycles. The minimum absolute atomic E-state index is 0.000323. The number of carbonyl (C=O) groups is 3. The van der Waals surface area contributed by atoms with Gasteiger partial charge in [0.15, 0.2) is 11.3 Å². The number of rotatable bonds is 8. The standard InChI is InChI=1S/C24H25N9O5S2/c25-24-28-19(30-40-24)16(29-38-14-5-2-1-3-6-14)20(34)27-17-21(35)33-18(23(36)37)13(12-39-22(17)33)11-31-9-10-32-15(31)7-4-8-26-32/h4,7-10,14,17,22H,1-3,5-6,11-12H2,(H3-,25,27,28,30,34,36,37)/b29-16-/t17-,22-/m1/s1.